The molecule has 3 rings (SSSR count). The van der Waals surface area contributed by atoms with Crippen LogP contribution in [0.4, 0.5) is 0 Å². The fraction of sp³-hybridized carbons (Fsp3) is 0.250. The summed E-state index contributed by atoms with van der Waals surface area (Å²) in [5, 5.41) is 3.18. The van der Waals surface area contributed by atoms with Crippen LogP contribution in [0.5, 0.6) is 0 Å². The van der Waals surface area contributed by atoms with Crippen LogP contribution in [0.15, 0.2) is 36.0 Å². The molecule has 0 aliphatic heterocycles. The lowest BCUT2D eigenvalue weighted by Gasteiger charge is -2.19. The van der Waals surface area contributed by atoms with Gasteiger partial charge in [-0.15, -0.1) is 11.3 Å². The average molecular weight is 300 g/mol. The van der Waals surface area contributed by atoms with E-state index in [1.165, 1.54) is 16.7 Å². The van der Waals surface area contributed by atoms with Gasteiger partial charge in [0.1, 0.15) is 9.47 Å². The molecule has 0 aliphatic carbocycles. The Labute approximate surface area is 127 Å². The number of aromatic amines is 1. The van der Waals surface area contributed by atoms with Gasteiger partial charge in [0.2, 0.25) is 0 Å². The van der Waals surface area contributed by atoms with Crippen molar-refractivity contribution in [3.8, 4) is 11.1 Å². The van der Waals surface area contributed by atoms with Gasteiger partial charge in [-0.25, -0.2) is 4.98 Å². The highest BCUT2D eigenvalue weighted by Gasteiger charge is 2.14. The fourth-order valence-electron chi connectivity index (χ4n) is 2.25. The van der Waals surface area contributed by atoms with Crippen LogP contribution in [0.25, 0.3) is 21.3 Å². The van der Waals surface area contributed by atoms with Crippen LogP contribution >= 0.6 is 23.6 Å². The Hall–Kier alpha value is -1.52. The van der Waals surface area contributed by atoms with Crippen LogP contribution in [0.2, 0.25) is 0 Å². The Kier molecular flexibility index (Phi) is 3.22. The number of rotatable bonds is 1. The molecule has 0 saturated carbocycles. The number of nitrogens with one attached hydrogen (secondary N) is 1. The van der Waals surface area contributed by atoms with Crippen molar-refractivity contribution in [2.45, 2.75) is 26.2 Å². The van der Waals surface area contributed by atoms with Crippen LogP contribution in [0, 0.1) is 4.64 Å². The van der Waals surface area contributed by atoms with E-state index in [1.807, 2.05) is 0 Å². The molecule has 3 aromatic rings. The minimum atomic E-state index is 0.174. The molecule has 0 spiro atoms. The molecule has 0 aliphatic rings. The summed E-state index contributed by atoms with van der Waals surface area (Å²) >= 11 is 7.03. The first-order chi connectivity index (χ1) is 9.47. The number of hydrogen-bond acceptors (Lipinski definition) is 3. The lowest BCUT2D eigenvalue weighted by atomic mass is 9.86. The maximum atomic E-state index is 5.39. The minimum Gasteiger partial charge on any atom is -0.337 e. The predicted molar refractivity (Wildman–Crippen MR) is 88.9 cm³/mol. The number of hydrogen-bond donors (Lipinski definition) is 1. The number of thiophene rings is 1. The molecule has 2 aromatic heterocycles. The smallest absolute Gasteiger partial charge is 0.128 e. The maximum Gasteiger partial charge on any atom is 0.128 e. The molecular formula is C16H16N2S2. The first kappa shape index (κ1) is 13.5. The van der Waals surface area contributed by atoms with Crippen LogP contribution in [0.1, 0.15) is 26.3 Å². The van der Waals surface area contributed by atoms with Crippen molar-refractivity contribution in [2.24, 2.45) is 0 Å². The summed E-state index contributed by atoms with van der Waals surface area (Å²) in [5.41, 5.74) is 3.87. The number of H-pyrrole nitrogens is 1. The van der Waals surface area contributed by atoms with Crippen molar-refractivity contribution in [3.63, 3.8) is 0 Å². The number of aromatic nitrogens is 2. The zero-order valence-corrected chi connectivity index (χ0v) is 13.4. The normalized spacial score (nSPS) is 11.9. The molecule has 0 radical (unpaired) electrons. The molecule has 0 fully saturated rings. The van der Waals surface area contributed by atoms with Gasteiger partial charge in [-0.2, -0.15) is 0 Å². The van der Waals surface area contributed by atoms with Gasteiger partial charge in [0.15, 0.2) is 0 Å². The summed E-state index contributed by atoms with van der Waals surface area (Å²) in [6.45, 7) is 6.67. The predicted octanol–water partition coefficient (Wildman–Crippen LogP) is 5.32. The van der Waals surface area contributed by atoms with Gasteiger partial charge >= 0.3 is 0 Å². The molecule has 4 heteroatoms. The Bertz CT molecular complexity index is 805. The van der Waals surface area contributed by atoms with Gasteiger partial charge in [0, 0.05) is 10.9 Å². The maximum absolute atomic E-state index is 5.39. The third-order valence-electron chi connectivity index (χ3n) is 3.44. The topological polar surface area (TPSA) is 28.7 Å². The highest BCUT2D eigenvalue weighted by atomic mass is 32.1. The van der Waals surface area contributed by atoms with Crippen LogP contribution in [0.3, 0.4) is 0 Å². The van der Waals surface area contributed by atoms with E-state index >= 15 is 0 Å². The van der Waals surface area contributed by atoms with Crippen LogP contribution in [-0.4, -0.2) is 9.97 Å². The minimum absolute atomic E-state index is 0.174. The highest BCUT2D eigenvalue weighted by molar-refractivity contribution is 7.71. The molecule has 0 unspecified atom stereocenters. The van der Waals surface area contributed by atoms with Crippen molar-refractivity contribution in [2.75, 3.05) is 0 Å². The third kappa shape index (κ3) is 2.30. The standard InChI is InChI=1S/C16H16N2S2/c1-16(2,3)11-6-4-10(5-7-11)12-8-20-15-13(12)14(19)17-9-18-15/h4-9H,1-3H3,(H,17,18,19). The average Bonchev–Trinajstić information content (AvgIpc) is 2.83. The Morgan fingerprint density at radius 2 is 1.85 bits per heavy atom. The van der Waals surface area contributed by atoms with Gasteiger partial charge < -0.3 is 4.98 Å². The van der Waals surface area contributed by atoms with Crippen LogP contribution in [-0.2, 0) is 5.41 Å². The molecule has 0 saturated heterocycles. The molecule has 20 heavy (non-hydrogen) atoms. The SMILES string of the molecule is CC(C)(C)c1ccc(-c2csc3nc[nH]c(=S)c23)cc1. The number of benzene rings is 1. The molecule has 2 heterocycles. The first-order valence-electron chi connectivity index (χ1n) is 6.52. The first-order valence-corrected chi connectivity index (χ1v) is 7.81. The largest absolute Gasteiger partial charge is 0.337 e. The Morgan fingerprint density at radius 3 is 2.50 bits per heavy atom. The van der Waals surface area contributed by atoms with Gasteiger partial charge in [0.05, 0.1) is 11.7 Å². The summed E-state index contributed by atoms with van der Waals surface area (Å²) in [6, 6.07) is 8.73. The van der Waals surface area contributed by atoms with Crippen LogP contribution < -0.4 is 0 Å². The third-order valence-corrected chi connectivity index (χ3v) is 4.65. The van der Waals surface area contributed by atoms with Crippen molar-refractivity contribution >= 4 is 33.8 Å². The Morgan fingerprint density at radius 1 is 1.15 bits per heavy atom. The van der Waals surface area contributed by atoms with E-state index in [4.69, 9.17) is 12.2 Å². The molecule has 0 atom stereocenters. The zero-order chi connectivity index (χ0) is 14.3. The Balaban J connectivity index is 2.15. The van der Waals surface area contributed by atoms with Gasteiger partial charge in [0.25, 0.3) is 0 Å². The van der Waals surface area contributed by atoms with E-state index in [9.17, 15) is 0 Å². The quantitative estimate of drug-likeness (QED) is 0.616. The van der Waals surface area contributed by atoms with E-state index in [1.54, 1.807) is 17.7 Å². The summed E-state index contributed by atoms with van der Waals surface area (Å²) in [7, 11) is 0. The number of nitrogens with zero attached hydrogens (tertiary/aromatic N) is 1. The number of fused-ring (bicyclic) bond motifs is 1. The van der Waals surface area contributed by atoms with Gasteiger partial charge in [-0.3, -0.25) is 0 Å². The van der Waals surface area contributed by atoms with E-state index in [0.29, 0.717) is 0 Å². The van der Waals surface area contributed by atoms with Crippen molar-refractivity contribution < 1.29 is 0 Å². The molecule has 102 valence electrons. The second-order valence-corrected chi connectivity index (χ2v) is 7.15. The second-order valence-electron chi connectivity index (χ2n) is 5.89. The molecule has 0 bridgehead atoms. The lowest BCUT2D eigenvalue weighted by molar-refractivity contribution is 0.590. The van der Waals surface area contributed by atoms with Crippen molar-refractivity contribution in [1.82, 2.24) is 9.97 Å². The zero-order valence-electron chi connectivity index (χ0n) is 11.7. The van der Waals surface area contributed by atoms with Gasteiger partial charge in [-0.05, 0) is 16.5 Å². The van der Waals surface area contributed by atoms with E-state index in [-0.39, 0.29) is 5.41 Å². The summed E-state index contributed by atoms with van der Waals surface area (Å²) in [4.78, 5) is 8.35. The molecule has 0 amide bonds. The summed E-state index contributed by atoms with van der Waals surface area (Å²) in [6.07, 6.45) is 1.66. The summed E-state index contributed by atoms with van der Waals surface area (Å²) < 4.78 is 0.756. The summed E-state index contributed by atoms with van der Waals surface area (Å²) in [5.74, 6) is 0. The van der Waals surface area contributed by atoms with Gasteiger partial charge in [-0.1, -0.05) is 57.3 Å². The fourth-order valence-corrected chi connectivity index (χ4v) is 3.50. The molecule has 2 nitrogen and oxygen atoms in total. The highest BCUT2D eigenvalue weighted by Crippen LogP contribution is 2.34. The van der Waals surface area contributed by atoms with E-state index < -0.39 is 0 Å². The molecule has 1 N–H and O–H groups in total. The molecule has 1 aromatic carbocycles. The molecular weight excluding hydrogens is 284 g/mol. The van der Waals surface area contributed by atoms with Crippen molar-refractivity contribution in [1.29, 1.82) is 0 Å². The van der Waals surface area contributed by atoms with E-state index in [0.717, 1.165) is 14.9 Å². The monoisotopic (exact) mass is 300 g/mol. The lowest BCUT2D eigenvalue weighted by Crippen LogP contribution is -2.10. The van der Waals surface area contributed by atoms with E-state index in [2.05, 4.69) is 60.4 Å². The second kappa shape index (κ2) is 4.79. The van der Waals surface area contributed by atoms with Crippen molar-refractivity contribution in [3.05, 3.63) is 46.2 Å².